The minimum atomic E-state index is -0.830. The average molecular weight is 392 g/mol. The van der Waals surface area contributed by atoms with E-state index < -0.39 is 11.9 Å². The third-order valence-corrected chi connectivity index (χ3v) is 5.40. The second-order valence-electron chi connectivity index (χ2n) is 7.46. The Bertz CT molecular complexity index is 1010. The molecule has 3 aromatic rings. The van der Waals surface area contributed by atoms with Gasteiger partial charge in [0, 0.05) is 26.2 Å². The molecule has 29 heavy (non-hydrogen) atoms. The molecule has 2 N–H and O–H groups in total. The highest BCUT2D eigenvalue weighted by Gasteiger charge is 2.27. The fourth-order valence-corrected chi connectivity index (χ4v) is 3.75. The van der Waals surface area contributed by atoms with Gasteiger partial charge in [-0.05, 0) is 36.1 Å². The number of nitrogens with zero attached hydrogens (tertiary/aromatic N) is 3. The van der Waals surface area contributed by atoms with Crippen molar-refractivity contribution in [3.63, 3.8) is 0 Å². The van der Waals surface area contributed by atoms with Crippen LogP contribution >= 0.6 is 0 Å². The zero-order valence-electron chi connectivity index (χ0n) is 16.1. The van der Waals surface area contributed by atoms with Crippen molar-refractivity contribution in [2.24, 2.45) is 5.92 Å². The van der Waals surface area contributed by atoms with Crippen LogP contribution in [-0.2, 0) is 17.9 Å². The summed E-state index contributed by atoms with van der Waals surface area (Å²) < 4.78 is 2.11. The predicted molar refractivity (Wildman–Crippen MR) is 109 cm³/mol. The van der Waals surface area contributed by atoms with Crippen LogP contribution in [0.2, 0.25) is 0 Å². The van der Waals surface area contributed by atoms with Crippen LogP contribution in [0.1, 0.15) is 24.0 Å². The standard InChI is InChI=1S/C22H24N4O3/c27-21(28)18-4-3-11-25(14-18)22(29)23-12-16-7-9-17(10-8-16)13-26-15-24-19-5-1-2-6-20(19)26/h1-2,5-10,15,18H,3-4,11-14H2,(H,23,29)(H,27,28). The number of aliphatic carboxylic acids is 1. The summed E-state index contributed by atoms with van der Waals surface area (Å²) in [5, 5.41) is 12.1. The molecule has 0 radical (unpaired) electrons. The Morgan fingerprint density at radius 3 is 2.66 bits per heavy atom. The number of rotatable bonds is 5. The minimum Gasteiger partial charge on any atom is -0.481 e. The number of imidazole rings is 1. The summed E-state index contributed by atoms with van der Waals surface area (Å²) in [6.07, 6.45) is 3.20. The summed E-state index contributed by atoms with van der Waals surface area (Å²) in [7, 11) is 0. The van der Waals surface area contributed by atoms with Crippen molar-refractivity contribution >= 4 is 23.0 Å². The van der Waals surface area contributed by atoms with Gasteiger partial charge in [0.2, 0.25) is 0 Å². The van der Waals surface area contributed by atoms with Crippen molar-refractivity contribution in [1.29, 1.82) is 0 Å². The fraction of sp³-hybridized carbons (Fsp3) is 0.318. The Labute approximate surface area is 169 Å². The number of carboxylic acids is 1. The predicted octanol–water partition coefficient (Wildman–Crippen LogP) is 3.09. The number of carboxylic acid groups (broad SMARTS) is 1. The van der Waals surface area contributed by atoms with Crippen molar-refractivity contribution in [1.82, 2.24) is 19.8 Å². The molecule has 2 amide bonds. The van der Waals surface area contributed by atoms with Crippen LogP contribution in [0, 0.1) is 5.92 Å². The molecule has 7 nitrogen and oxygen atoms in total. The van der Waals surface area contributed by atoms with Crippen molar-refractivity contribution < 1.29 is 14.7 Å². The Balaban J connectivity index is 1.32. The van der Waals surface area contributed by atoms with E-state index in [1.807, 2.05) is 36.7 Å². The van der Waals surface area contributed by atoms with Crippen LogP contribution in [0.15, 0.2) is 54.9 Å². The Morgan fingerprint density at radius 2 is 1.86 bits per heavy atom. The van der Waals surface area contributed by atoms with Crippen LogP contribution in [0.3, 0.4) is 0 Å². The number of likely N-dealkylation sites (tertiary alicyclic amines) is 1. The number of benzene rings is 2. The van der Waals surface area contributed by atoms with Crippen molar-refractivity contribution in [3.05, 3.63) is 66.0 Å². The monoisotopic (exact) mass is 392 g/mol. The van der Waals surface area contributed by atoms with E-state index in [1.165, 1.54) is 0 Å². The molecule has 0 aliphatic carbocycles. The van der Waals surface area contributed by atoms with Crippen LogP contribution in [0.5, 0.6) is 0 Å². The Hall–Kier alpha value is -3.35. The van der Waals surface area contributed by atoms with Crippen LogP contribution in [0.25, 0.3) is 11.0 Å². The van der Waals surface area contributed by atoms with Gasteiger partial charge in [-0.2, -0.15) is 0 Å². The fourth-order valence-electron chi connectivity index (χ4n) is 3.75. The van der Waals surface area contributed by atoms with Gasteiger partial charge in [0.1, 0.15) is 0 Å². The normalized spacial score (nSPS) is 16.7. The maximum absolute atomic E-state index is 12.4. The molecule has 2 aromatic carbocycles. The van der Waals surface area contributed by atoms with E-state index in [-0.39, 0.29) is 12.6 Å². The maximum atomic E-state index is 12.4. The lowest BCUT2D eigenvalue weighted by molar-refractivity contribution is -0.143. The zero-order chi connectivity index (χ0) is 20.2. The van der Waals surface area contributed by atoms with Gasteiger partial charge in [-0.1, -0.05) is 36.4 Å². The van der Waals surface area contributed by atoms with Gasteiger partial charge in [-0.25, -0.2) is 9.78 Å². The first kappa shape index (κ1) is 19.0. The highest BCUT2D eigenvalue weighted by molar-refractivity contribution is 5.76. The largest absolute Gasteiger partial charge is 0.481 e. The molecule has 0 bridgehead atoms. The Kier molecular flexibility index (Phi) is 5.46. The smallest absolute Gasteiger partial charge is 0.317 e. The molecule has 2 heterocycles. The summed E-state index contributed by atoms with van der Waals surface area (Å²) in [4.78, 5) is 29.5. The zero-order valence-corrected chi connectivity index (χ0v) is 16.1. The van der Waals surface area contributed by atoms with E-state index in [9.17, 15) is 9.59 Å². The van der Waals surface area contributed by atoms with E-state index in [1.54, 1.807) is 4.90 Å². The van der Waals surface area contributed by atoms with E-state index in [0.29, 0.717) is 19.5 Å². The number of amides is 2. The lowest BCUT2D eigenvalue weighted by atomic mass is 9.99. The molecular weight excluding hydrogens is 368 g/mol. The molecule has 1 aromatic heterocycles. The number of hydrogen-bond donors (Lipinski definition) is 2. The molecule has 1 saturated heterocycles. The second kappa shape index (κ2) is 8.34. The van der Waals surface area contributed by atoms with Crippen molar-refractivity contribution in [2.75, 3.05) is 13.1 Å². The SMILES string of the molecule is O=C(O)C1CCCN(C(=O)NCc2ccc(Cn3cnc4ccccc43)cc2)C1. The molecule has 1 aliphatic heterocycles. The van der Waals surface area contributed by atoms with E-state index in [4.69, 9.17) is 5.11 Å². The molecule has 1 unspecified atom stereocenters. The number of carbonyl (C=O) groups is 2. The van der Waals surface area contributed by atoms with Crippen molar-refractivity contribution in [2.45, 2.75) is 25.9 Å². The van der Waals surface area contributed by atoms with Gasteiger partial charge >= 0.3 is 12.0 Å². The topological polar surface area (TPSA) is 87.5 Å². The van der Waals surface area contributed by atoms with E-state index >= 15 is 0 Å². The van der Waals surface area contributed by atoms with Gasteiger partial charge in [0.15, 0.2) is 0 Å². The first-order valence-electron chi connectivity index (χ1n) is 9.83. The summed E-state index contributed by atoms with van der Waals surface area (Å²) in [5.41, 5.74) is 4.24. The van der Waals surface area contributed by atoms with Crippen LogP contribution < -0.4 is 5.32 Å². The summed E-state index contributed by atoms with van der Waals surface area (Å²) in [6.45, 7) is 2.03. The van der Waals surface area contributed by atoms with E-state index in [2.05, 4.69) is 33.1 Å². The number of carbonyl (C=O) groups excluding carboxylic acids is 1. The number of nitrogens with one attached hydrogen (secondary N) is 1. The van der Waals surface area contributed by atoms with Crippen molar-refractivity contribution in [3.8, 4) is 0 Å². The first-order chi connectivity index (χ1) is 14.1. The van der Waals surface area contributed by atoms with Gasteiger partial charge in [-0.15, -0.1) is 0 Å². The lowest BCUT2D eigenvalue weighted by Gasteiger charge is -2.30. The quantitative estimate of drug-likeness (QED) is 0.698. The summed E-state index contributed by atoms with van der Waals surface area (Å²) >= 11 is 0. The van der Waals surface area contributed by atoms with Gasteiger partial charge in [0.05, 0.1) is 23.3 Å². The molecule has 1 atom stereocenters. The van der Waals surface area contributed by atoms with Crippen LogP contribution in [0.4, 0.5) is 4.79 Å². The number of hydrogen-bond acceptors (Lipinski definition) is 3. The summed E-state index contributed by atoms with van der Waals surface area (Å²) in [6, 6.07) is 16.0. The number of piperidine rings is 1. The number of urea groups is 1. The first-order valence-corrected chi connectivity index (χ1v) is 9.83. The highest BCUT2D eigenvalue weighted by Crippen LogP contribution is 2.17. The van der Waals surface area contributed by atoms with Gasteiger partial charge in [0.25, 0.3) is 0 Å². The van der Waals surface area contributed by atoms with Gasteiger partial charge < -0.3 is 19.9 Å². The molecule has 0 saturated carbocycles. The molecule has 1 aliphatic rings. The molecule has 150 valence electrons. The molecule has 4 rings (SSSR count). The molecule has 1 fully saturated rings. The molecule has 7 heteroatoms. The number of aromatic nitrogens is 2. The number of para-hydroxylation sites is 2. The third kappa shape index (κ3) is 4.39. The van der Waals surface area contributed by atoms with Gasteiger partial charge in [-0.3, -0.25) is 4.79 Å². The Morgan fingerprint density at radius 1 is 1.10 bits per heavy atom. The molecule has 0 spiro atoms. The maximum Gasteiger partial charge on any atom is 0.317 e. The third-order valence-electron chi connectivity index (χ3n) is 5.40. The highest BCUT2D eigenvalue weighted by atomic mass is 16.4. The molecular formula is C22H24N4O3. The minimum absolute atomic E-state index is 0.204. The van der Waals surface area contributed by atoms with Crippen LogP contribution in [-0.4, -0.2) is 44.6 Å². The summed E-state index contributed by atoms with van der Waals surface area (Å²) in [5.74, 6) is -1.29. The average Bonchev–Trinajstić information content (AvgIpc) is 3.16. The van der Waals surface area contributed by atoms with E-state index in [0.717, 1.165) is 35.1 Å². The number of fused-ring (bicyclic) bond motifs is 1. The second-order valence-corrected chi connectivity index (χ2v) is 7.46. The lowest BCUT2D eigenvalue weighted by Crippen LogP contribution is -2.46.